The molecule has 0 atom stereocenters. The number of sulfonamides is 1. The molecule has 0 unspecified atom stereocenters. The van der Waals surface area contributed by atoms with E-state index in [-0.39, 0.29) is 29.0 Å². The highest BCUT2D eigenvalue weighted by Crippen LogP contribution is 2.17. The van der Waals surface area contributed by atoms with Gasteiger partial charge in [-0.25, -0.2) is 13.2 Å². The molecule has 7 nitrogen and oxygen atoms in total. The highest BCUT2D eigenvalue weighted by molar-refractivity contribution is 7.89. The fraction of sp³-hybridized carbons (Fsp3) is 0.238. The van der Waals surface area contributed by atoms with Gasteiger partial charge in [-0.05, 0) is 50.2 Å². The van der Waals surface area contributed by atoms with Crippen LogP contribution in [-0.4, -0.2) is 39.5 Å². The highest BCUT2D eigenvalue weighted by Gasteiger charge is 2.21. The van der Waals surface area contributed by atoms with E-state index in [4.69, 9.17) is 11.2 Å². The normalized spacial score (nSPS) is 11.0. The van der Waals surface area contributed by atoms with Crippen molar-refractivity contribution in [2.24, 2.45) is 0 Å². The third-order valence-electron chi connectivity index (χ3n) is 3.91. The van der Waals surface area contributed by atoms with Gasteiger partial charge in [-0.3, -0.25) is 4.79 Å². The Hall–Kier alpha value is -3.15. The van der Waals surface area contributed by atoms with Gasteiger partial charge in [0.1, 0.15) is 0 Å². The molecule has 0 spiro atoms. The van der Waals surface area contributed by atoms with Crippen molar-refractivity contribution in [2.75, 3.05) is 18.1 Å². The van der Waals surface area contributed by atoms with Crippen LogP contribution in [0.1, 0.15) is 24.2 Å². The summed E-state index contributed by atoms with van der Waals surface area (Å²) in [6.07, 6.45) is 5.04. The lowest BCUT2D eigenvalue weighted by atomic mass is 10.2. The van der Waals surface area contributed by atoms with Crippen molar-refractivity contribution in [2.45, 2.75) is 24.8 Å². The van der Waals surface area contributed by atoms with Crippen LogP contribution in [-0.2, 0) is 19.6 Å². The van der Waals surface area contributed by atoms with Crippen LogP contribution in [0, 0.1) is 12.3 Å². The lowest BCUT2D eigenvalue weighted by molar-refractivity contribution is -0.122. The fourth-order valence-electron chi connectivity index (χ4n) is 2.59. The van der Waals surface area contributed by atoms with Gasteiger partial charge in [0.15, 0.2) is 6.61 Å². The largest absolute Gasteiger partial charge is 0.452 e. The average Bonchev–Trinajstić information content (AvgIpc) is 2.71. The number of para-hydroxylation sites is 1. The summed E-state index contributed by atoms with van der Waals surface area (Å²) >= 11 is 0. The highest BCUT2D eigenvalue weighted by atomic mass is 32.2. The number of terminal acetylenes is 1. The Kier molecular flexibility index (Phi) is 7.53. The Bertz CT molecular complexity index is 994. The van der Waals surface area contributed by atoms with Gasteiger partial charge < -0.3 is 9.64 Å². The molecule has 0 radical (unpaired) electrons. The summed E-state index contributed by atoms with van der Waals surface area (Å²) in [5.74, 6) is 1.09. The number of benzene rings is 2. The van der Waals surface area contributed by atoms with Gasteiger partial charge in [0, 0.05) is 11.7 Å². The van der Waals surface area contributed by atoms with E-state index in [1.165, 1.54) is 24.3 Å². The van der Waals surface area contributed by atoms with Crippen LogP contribution in [0.3, 0.4) is 0 Å². The second-order valence-corrected chi connectivity index (χ2v) is 8.09. The first-order valence-corrected chi connectivity index (χ1v) is 10.3. The number of anilines is 1. The number of rotatable bonds is 8. The Labute approximate surface area is 170 Å². The number of ether oxygens (including phenoxy) is 1. The molecule has 8 heteroatoms. The van der Waals surface area contributed by atoms with Crippen molar-refractivity contribution in [1.82, 2.24) is 4.72 Å². The van der Waals surface area contributed by atoms with Crippen LogP contribution >= 0.6 is 0 Å². The van der Waals surface area contributed by atoms with E-state index in [0.717, 1.165) is 0 Å². The van der Waals surface area contributed by atoms with E-state index >= 15 is 0 Å². The number of amides is 1. The van der Waals surface area contributed by atoms with E-state index in [0.29, 0.717) is 5.69 Å². The third kappa shape index (κ3) is 5.91. The predicted molar refractivity (Wildman–Crippen MR) is 110 cm³/mol. The van der Waals surface area contributed by atoms with Crippen LogP contribution in [0.2, 0.25) is 0 Å². The zero-order chi connectivity index (χ0) is 21.4. The molecular weight excluding hydrogens is 392 g/mol. The standard InChI is InChI=1S/C21H22N2O5S/c1-4-14-22-29(26,27)19-12-10-17(11-13-19)21(25)28-15-20(24)23(16(2)3)18-8-6-5-7-9-18/h1,5-13,16,22H,14-15H2,2-3H3. The molecule has 1 amide bonds. The number of esters is 1. The van der Waals surface area contributed by atoms with Crippen molar-refractivity contribution in [1.29, 1.82) is 0 Å². The van der Waals surface area contributed by atoms with Gasteiger partial charge >= 0.3 is 5.97 Å². The van der Waals surface area contributed by atoms with E-state index in [9.17, 15) is 18.0 Å². The molecule has 0 bridgehead atoms. The summed E-state index contributed by atoms with van der Waals surface area (Å²) in [5, 5.41) is 0. The molecule has 152 valence electrons. The van der Waals surface area contributed by atoms with Crippen LogP contribution in [0.4, 0.5) is 5.69 Å². The first kappa shape index (κ1) is 22.1. The number of hydrogen-bond donors (Lipinski definition) is 1. The summed E-state index contributed by atoms with van der Waals surface area (Å²) in [5.41, 5.74) is 0.835. The van der Waals surface area contributed by atoms with Gasteiger partial charge in [0.2, 0.25) is 10.0 Å². The van der Waals surface area contributed by atoms with Crippen LogP contribution < -0.4 is 9.62 Å². The fourth-order valence-corrected chi connectivity index (χ4v) is 3.52. The maximum Gasteiger partial charge on any atom is 0.338 e. The Balaban J connectivity index is 2.03. The smallest absolute Gasteiger partial charge is 0.338 e. The Morgan fingerprint density at radius 2 is 1.72 bits per heavy atom. The first-order valence-electron chi connectivity index (χ1n) is 8.83. The van der Waals surface area contributed by atoms with E-state index < -0.39 is 22.6 Å². The Morgan fingerprint density at radius 1 is 1.10 bits per heavy atom. The summed E-state index contributed by atoms with van der Waals surface area (Å²) < 4.78 is 31.3. The SMILES string of the molecule is C#CCNS(=O)(=O)c1ccc(C(=O)OCC(=O)N(c2ccccc2)C(C)C)cc1. The molecule has 0 fully saturated rings. The molecule has 0 aromatic heterocycles. The van der Waals surface area contributed by atoms with E-state index in [1.807, 2.05) is 32.0 Å². The molecular formula is C21H22N2O5S. The lowest BCUT2D eigenvalue weighted by Crippen LogP contribution is -2.39. The number of nitrogens with one attached hydrogen (secondary N) is 1. The van der Waals surface area contributed by atoms with Crippen LogP contribution in [0.5, 0.6) is 0 Å². The number of carbonyl (C=O) groups excluding carboxylic acids is 2. The minimum Gasteiger partial charge on any atom is -0.452 e. The van der Waals surface area contributed by atoms with E-state index in [1.54, 1.807) is 17.0 Å². The second-order valence-electron chi connectivity index (χ2n) is 6.32. The van der Waals surface area contributed by atoms with Gasteiger partial charge in [-0.2, -0.15) is 4.72 Å². The van der Waals surface area contributed by atoms with Crippen molar-refractivity contribution < 1.29 is 22.7 Å². The van der Waals surface area contributed by atoms with Gasteiger partial charge in [-0.15, -0.1) is 6.42 Å². The summed E-state index contributed by atoms with van der Waals surface area (Å²) in [4.78, 5) is 26.3. The molecule has 2 aromatic rings. The van der Waals surface area contributed by atoms with Gasteiger partial charge in [-0.1, -0.05) is 24.1 Å². The zero-order valence-electron chi connectivity index (χ0n) is 16.2. The van der Waals surface area contributed by atoms with Crippen molar-refractivity contribution in [3.8, 4) is 12.3 Å². The quantitative estimate of drug-likeness (QED) is 0.528. The molecule has 1 N–H and O–H groups in total. The number of nitrogens with zero attached hydrogens (tertiary/aromatic N) is 1. The van der Waals surface area contributed by atoms with Gasteiger partial charge in [0.05, 0.1) is 17.0 Å². The molecule has 2 aromatic carbocycles. The molecule has 0 saturated carbocycles. The molecule has 0 saturated heterocycles. The predicted octanol–water partition coefficient (Wildman–Crippen LogP) is 2.20. The molecule has 2 rings (SSSR count). The number of carbonyl (C=O) groups is 2. The summed E-state index contributed by atoms with van der Waals surface area (Å²) in [6, 6.07) is 14.1. The molecule has 0 aliphatic rings. The molecule has 0 aliphatic carbocycles. The van der Waals surface area contributed by atoms with Crippen molar-refractivity contribution in [3.63, 3.8) is 0 Å². The average molecular weight is 414 g/mol. The maximum atomic E-state index is 12.6. The topological polar surface area (TPSA) is 92.8 Å². The van der Waals surface area contributed by atoms with Gasteiger partial charge in [0.25, 0.3) is 5.91 Å². The van der Waals surface area contributed by atoms with Crippen LogP contribution in [0.15, 0.2) is 59.5 Å². The van der Waals surface area contributed by atoms with Crippen molar-refractivity contribution >= 4 is 27.6 Å². The molecule has 0 heterocycles. The first-order chi connectivity index (χ1) is 13.8. The summed E-state index contributed by atoms with van der Waals surface area (Å²) in [7, 11) is -3.75. The molecule has 0 aliphatic heterocycles. The summed E-state index contributed by atoms with van der Waals surface area (Å²) in [6.45, 7) is 3.15. The van der Waals surface area contributed by atoms with Crippen LogP contribution in [0.25, 0.3) is 0 Å². The lowest BCUT2D eigenvalue weighted by Gasteiger charge is -2.26. The minimum atomic E-state index is -3.75. The van der Waals surface area contributed by atoms with E-state index in [2.05, 4.69) is 10.6 Å². The monoisotopic (exact) mass is 414 g/mol. The third-order valence-corrected chi connectivity index (χ3v) is 5.33. The zero-order valence-corrected chi connectivity index (χ0v) is 17.0. The maximum absolute atomic E-state index is 12.6. The molecule has 29 heavy (non-hydrogen) atoms. The number of hydrogen-bond acceptors (Lipinski definition) is 5. The second kappa shape index (κ2) is 9.87. The Morgan fingerprint density at radius 3 is 2.28 bits per heavy atom. The minimum absolute atomic E-state index is 0.0320. The van der Waals surface area contributed by atoms with Crippen molar-refractivity contribution in [3.05, 3.63) is 60.2 Å².